The molecule has 1 aromatic heterocycles. The maximum Gasteiger partial charge on any atom is 0.169 e. The zero-order valence-corrected chi connectivity index (χ0v) is 10.5. The van der Waals surface area contributed by atoms with E-state index in [-0.39, 0.29) is 18.0 Å². The Morgan fingerprint density at radius 3 is 2.71 bits per heavy atom. The molecule has 0 atom stereocenters. The lowest BCUT2D eigenvalue weighted by atomic mass is 10.1. The molecule has 0 saturated heterocycles. The van der Waals surface area contributed by atoms with E-state index in [2.05, 4.69) is 4.98 Å². The summed E-state index contributed by atoms with van der Waals surface area (Å²) < 4.78 is 13.2. The Labute approximate surface area is 103 Å². The molecule has 0 bridgehead atoms. The molecule has 1 aromatic carbocycles. The van der Waals surface area contributed by atoms with Gasteiger partial charge in [0, 0.05) is 16.6 Å². The van der Waals surface area contributed by atoms with Gasteiger partial charge in [-0.15, -0.1) is 11.3 Å². The summed E-state index contributed by atoms with van der Waals surface area (Å²) in [5, 5.41) is 2.67. The van der Waals surface area contributed by atoms with Gasteiger partial charge in [0.25, 0.3) is 0 Å². The van der Waals surface area contributed by atoms with Crippen LogP contribution < -0.4 is 0 Å². The van der Waals surface area contributed by atoms with E-state index in [1.807, 2.05) is 12.3 Å². The largest absolute Gasteiger partial charge is 0.294 e. The van der Waals surface area contributed by atoms with E-state index in [4.69, 9.17) is 0 Å². The summed E-state index contributed by atoms with van der Waals surface area (Å²) in [6.07, 6.45) is 0.237. The molecular weight excluding hydrogens is 237 g/mol. The molecule has 2 nitrogen and oxygen atoms in total. The van der Waals surface area contributed by atoms with Crippen molar-refractivity contribution < 1.29 is 9.18 Å². The van der Waals surface area contributed by atoms with Gasteiger partial charge >= 0.3 is 0 Å². The van der Waals surface area contributed by atoms with E-state index in [9.17, 15) is 9.18 Å². The average Bonchev–Trinajstić information content (AvgIpc) is 2.62. The van der Waals surface area contributed by atoms with Crippen molar-refractivity contribution in [3.63, 3.8) is 0 Å². The van der Waals surface area contributed by atoms with Crippen LogP contribution >= 0.6 is 11.3 Å². The minimum atomic E-state index is -0.372. The standard InChI is InChI=1S/C13H12FNOS/c1-8-3-10(5-11(14)4-8)12(16)6-13-15-9(2)7-17-13/h3-5,7H,6H2,1-2H3. The van der Waals surface area contributed by atoms with Crippen LogP contribution in [0.4, 0.5) is 4.39 Å². The normalized spacial score (nSPS) is 10.5. The molecule has 0 amide bonds. The van der Waals surface area contributed by atoms with E-state index in [0.717, 1.165) is 16.3 Å². The summed E-state index contributed by atoms with van der Waals surface area (Å²) in [5.41, 5.74) is 2.08. The third-order valence-corrected chi connectivity index (χ3v) is 3.31. The summed E-state index contributed by atoms with van der Waals surface area (Å²) in [6.45, 7) is 3.66. The molecule has 0 unspecified atom stereocenters. The maximum atomic E-state index is 13.2. The number of ketones is 1. The third-order valence-electron chi connectivity index (χ3n) is 2.34. The second-order valence-electron chi connectivity index (χ2n) is 4.00. The number of Topliss-reactive ketones (excluding diaryl/α,β-unsaturated/α-hetero) is 1. The number of nitrogens with zero attached hydrogens (tertiary/aromatic N) is 1. The molecule has 0 aliphatic carbocycles. The summed E-state index contributed by atoms with van der Waals surface area (Å²) >= 11 is 1.46. The molecule has 0 aliphatic heterocycles. The highest BCUT2D eigenvalue weighted by Gasteiger charge is 2.11. The number of benzene rings is 1. The summed E-state index contributed by atoms with van der Waals surface area (Å²) in [7, 11) is 0. The van der Waals surface area contributed by atoms with Crippen molar-refractivity contribution >= 4 is 17.1 Å². The van der Waals surface area contributed by atoms with E-state index in [1.165, 1.54) is 23.5 Å². The highest BCUT2D eigenvalue weighted by molar-refractivity contribution is 7.09. The van der Waals surface area contributed by atoms with Crippen LogP contribution in [0.15, 0.2) is 23.6 Å². The van der Waals surface area contributed by atoms with Crippen LogP contribution in [0.2, 0.25) is 0 Å². The van der Waals surface area contributed by atoms with Crippen LogP contribution in [0.3, 0.4) is 0 Å². The predicted molar refractivity (Wildman–Crippen MR) is 66.0 cm³/mol. The molecular formula is C13H12FNOS. The minimum Gasteiger partial charge on any atom is -0.294 e. The lowest BCUT2D eigenvalue weighted by Gasteiger charge is -2.01. The number of carbonyl (C=O) groups excluding carboxylic acids is 1. The summed E-state index contributed by atoms with van der Waals surface area (Å²) in [5.74, 6) is -0.467. The van der Waals surface area contributed by atoms with Gasteiger partial charge in [-0.05, 0) is 37.6 Å². The van der Waals surface area contributed by atoms with Crippen LogP contribution in [0.1, 0.15) is 26.6 Å². The zero-order valence-electron chi connectivity index (χ0n) is 9.66. The fourth-order valence-corrected chi connectivity index (χ4v) is 2.39. The Hall–Kier alpha value is -1.55. The first-order chi connectivity index (χ1) is 8.04. The third kappa shape index (κ3) is 2.97. The Morgan fingerprint density at radius 2 is 2.12 bits per heavy atom. The van der Waals surface area contributed by atoms with Gasteiger partial charge in [-0.2, -0.15) is 0 Å². The molecule has 17 heavy (non-hydrogen) atoms. The molecule has 88 valence electrons. The molecule has 4 heteroatoms. The zero-order chi connectivity index (χ0) is 12.4. The number of carbonyl (C=O) groups is 1. The Bertz CT molecular complexity index is 542. The smallest absolute Gasteiger partial charge is 0.169 e. The SMILES string of the molecule is Cc1cc(F)cc(C(=O)Cc2nc(C)cs2)c1. The van der Waals surface area contributed by atoms with Crippen LogP contribution in [-0.2, 0) is 6.42 Å². The molecule has 0 spiro atoms. The van der Waals surface area contributed by atoms with Crippen LogP contribution in [0.5, 0.6) is 0 Å². The monoisotopic (exact) mass is 249 g/mol. The Kier molecular flexibility index (Phi) is 3.33. The highest BCUT2D eigenvalue weighted by atomic mass is 32.1. The number of aromatic nitrogens is 1. The first kappa shape index (κ1) is 11.9. The van der Waals surface area contributed by atoms with Gasteiger partial charge in [-0.3, -0.25) is 4.79 Å². The van der Waals surface area contributed by atoms with Crippen molar-refractivity contribution in [1.82, 2.24) is 4.98 Å². The Balaban J connectivity index is 2.19. The number of aryl methyl sites for hydroxylation is 2. The number of thiazole rings is 1. The maximum absolute atomic E-state index is 13.2. The second kappa shape index (κ2) is 4.75. The molecule has 2 aromatic rings. The van der Waals surface area contributed by atoms with Crippen molar-refractivity contribution in [1.29, 1.82) is 0 Å². The second-order valence-corrected chi connectivity index (χ2v) is 4.94. The summed E-state index contributed by atoms with van der Waals surface area (Å²) in [6, 6.07) is 4.38. The van der Waals surface area contributed by atoms with E-state index in [0.29, 0.717) is 5.56 Å². The Morgan fingerprint density at radius 1 is 1.35 bits per heavy atom. The molecule has 0 radical (unpaired) electrons. The average molecular weight is 249 g/mol. The van der Waals surface area contributed by atoms with Crippen LogP contribution in [-0.4, -0.2) is 10.8 Å². The van der Waals surface area contributed by atoms with Gasteiger partial charge in [-0.25, -0.2) is 9.37 Å². The van der Waals surface area contributed by atoms with E-state index < -0.39 is 0 Å². The van der Waals surface area contributed by atoms with Crippen LogP contribution in [0.25, 0.3) is 0 Å². The number of halogens is 1. The lowest BCUT2D eigenvalue weighted by Crippen LogP contribution is -2.04. The van der Waals surface area contributed by atoms with E-state index in [1.54, 1.807) is 13.0 Å². The molecule has 1 heterocycles. The van der Waals surface area contributed by atoms with Gasteiger partial charge in [0.1, 0.15) is 10.8 Å². The van der Waals surface area contributed by atoms with Gasteiger partial charge in [0.2, 0.25) is 0 Å². The van der Waals surface area contributed by atoms with Crippen molar-refractivity contribution in [2.24, 2.45) is 0 Å². The number of rotatable bonds is 3. The van der Waals surface area contributed by atoms with Gasteiger partial charge in [0.05, 0.1) is 6.42 Å². The highest BCUT2D eigenvalue weighted by Crippen LogP contribution is 2.14. The van der Waals surface area contributed by atoms with E-state index >= 15 is 0 Å². The van der Waals surface area contributed by atoms with Crippen LogP contribution in [0, 0.1) is 19.7 Å². The van der Waals surface area contributed by atoms with Crippen molar-refractivity contribution in [3.05, 3.63) is 51.2 Å². The first-order valence-electron chi connectivity index (χ1n) is 5.26. The van der Waals surface area contributed by atoms with Crippen molar-refractivity contribution in [2.75, 3.05) is 0 Å². The molecule has 2 rings (SSSR count). The molecule has 0 N–H and O–H groups in total. The topological polar surface area (TPSA) is 30.0 Å². The number of hydrogen-bond donors (Lipinski definition) is 0. The van der Waals surface area contributed by atoms with Gasteiger partial charge in [-0.1, -0.05) is 0 Å². The fraction of sp³-hybridized carbons (Fsp3) is 0.231. The fourth-order valence-electron chi connectivity index (χ4n) is 1.62. The molecule has 0 aliphatic rings. The minimum absolute atomic E-state index is 0.0954. The summed E-state index contributed by atoms with van der Waals surface area (Å²) in [4.78, 5) is 16.2. The predicted octanol–water partition coefficient (Wildman–Crippen LogP) is 3.32. The number of hydrogen-bond acceptors (Lipinski definition) is 3. The van der Waals surface area contributed by atoms with Crippen molar-refractivity contribution in [3.8, 4) is 0 Å². The lowest BCUT2D eigenvalue weighted by molar-refractivity contribution is 0.0992. The van der Waals surface area contributed by atoms with Crippen molar-refractivity contribution in [2.45, 2.75) is 20.3 Å². The first-order valence-corrected chi connectivity index (χ1v) is 6.14. The molecule has 0 fully saturated rings. The van der Waals surface area contributed by atoms with Gasteiger partial charge < -0.3 is 0 Å². The molecule has 0 saturated carbocycles. The van der Waals surface area contributed by atoms with Gasteiger partial charge in [0.15, 0.2) is 5.78 Å². The quantitative estimate of drug-likeness (QED) is 0.781.